The van der Waals surface area contributed by atoms with E-state index in [0.29, 0.717) is 13.0 Å². The molecule has 0 radical (unpaired) electrons. The number of nitrogens with zero attached hydrogens (tertiary/aromatic N) is 2. The molecule has 1 aromatic heterocycles. The number of likely N-dealkylation sites (N-methyl/N-ethyl adjacent to an activating group) is 1. The number of aliphatic hydroxyl groups is 1. The third-order valence-electron chi connectivity index (χ3n) is 14.2. The van der Waals surface area contributed by atoms with E-state index in [1.54, 1.807) is 47.7 Å². The number of carbonyl (C=O) groups is 4. The molecule has 1 amide bonds. The van der Waals surface area contributed by atoms with Crippen LogP contribution in [0.25, 0.3) is 17.0 Å². The number of pyridine rings is 1. The highest BCUT2D eigenvalue weighted by molar-refractivity contribution is 6.00. The maximum Gasteiger partial charge on any atom is 0.408 e. The molecule has 1 unspecified atom stereocenters. The van der Waals surface area contributed by atoms with Gasteiger partial charge in [-0.3, -0.25) is 24.3 Å². The van der Waals surface area contributed by atoms with Crippen LogP contribution in [0.1, 0.15) is 111 Å². The molecule has 3 aliphatic heterocycles. The van der Waals surface area contributed by atoms with Gasteiger partial charge in [-0.1, -0.05) is 89.6 Å². The van der Waals surface area contributed by atoms with Crippen molar-refractivity contribution in [2.45, 2.75) is 161 Å². The molecule has 3 aromatic rings. The smallest absolute Gasteiger partial charge is 0.408 e. The van der Waals surface area contributed by atoms with E-state index in [4.69, 9.17) is 23.7 Å². The Balaban J connectivity index is 1.36. The highest BCUT2D eigenvalue weighted by atomic mass is 16.7. The number of carbonyl (C=O) groups excluding carboxylic acids is 4. The molecule has 14 heteroatoms. The molecule has 0 saturated carbocycles. The number of aryl methyl sites for hydroxylation is 1. The van der Waals surface area contributed by atoms with Gasteiger partial charge in [0.2, 0.25) is 0 Å². The number of phenolic OH excluding ortho intramolecular Hbond substituents is 1. The SMILES string of the molecule is CCCCc1cccc(CN(C)[C@H]2C[C@@H](C)OC(O[C@@H]3[C@@H](C)C(=O)[C@@H](C)C(=O)O[C@H](CC)[C@@]4(C)OC(=O)N[C@@H]4[C@@H](C)C(=O)[C@H](C)C[C@]3(C)OC/C=C/c3cnc4ccccc4c3)[C@@H]2O)c1O. The first-order valence-corrected chi connectivity index (χ1v) is 23.7. The number of phenols is 1. The van der Waals surface area contributed by atoms with Crippen molar-refractivity contribution in [2.24, 2.45) is 23.7 Å². The lowest BCUT2D eigenvalue weighted by molar-refractivity contribution is -0.297. The summed E-state index contributed by atoms with van der Waals surface area (Å²) in [4.78, 5) is 62.8. The third kappa shape index (κ3) is 11.0. The number of Topliss-reactive ketones (excluding diaryl/α,β-unsaturated/α-hetero) is 2. The van der Waals surface area contributed by atoms with Crippen molar-refractivity contribution in [3.05, 3.63) is 77.5 Å². The number of unbranched alkanes of at least 4 members (excludes halogenated alkanes) is 1. The van der Waals surface area contributed by atoms with E-state index in [-0.39, 0.29) is 31.0 Å². The molecule has 0 bridgehead atoms. The van der Waals surface area contributed by atoms with Gasteiger partial charge in [0.15, 0.2) is 17.7 Å². The predicted octanol–water partition coefficient (Wildman–Crippen LogP) is 7.73. The number of ether oxygens (including phenoxy) is 5. The highest BCUT2D eigenvalue weighted by Gasteiger charge is 2.57. The number of cyclic esters (lactones) is 1. The van der Waals surface area contributed by atoms with Gasteiger partial charge in [-0.25, -0.2) is 4.79 Å². The zero-order valence-corrected chi connectivity index (χ0v) is 40.3. The van der Waals surface area contributed by atoms with Crippen molar-refractivity contribution in [3.8, 4) is 5.75 Å². The number of alkyl carbamates (subject to hydrolysis) is 1. The lowest BCUT2D eigenvalue weighted by Crippen LogP contribution is -2.60. The minimum absolute atomic E-state index is 0.0254. The van der Waals surface area contributed by atoms with Gasteiger partial charge in [0.25, 0.3) is 0 Å². The Bertz CT molecular complexity index is 2230. The number of benzene rings is 2. The minimum Gasteiger partial charge on any atom is -0.507 e. The molecule has 14 nitrogen and oxygen atoms in total. The first-order chi connectivity index (χ1) is 31.3. The number of aromatic hydroxyl groups is 1. The monoisotopic (exact) mass is 914 g/mol. The molecule has 2 aromatic carbocycles. The van der Waals surface area contributed by atoms with Crippen LogP contribution in [0.15, 0.2) is 60.8 Å². The van der Waals surface area contributed by atoms with Gasteiger partial charge in [0.05, 0.1) is 36.0 Å². The summed E-state index contributed by atoms with van der Waals surface area (Å²) in [5, 5.41) is 27.2. The number of hydrogen-bond donors (Lipinski definition) is 3. The number of aromatic nitrogens is 1. The molecule has 3 fully saturated rings. The lowest BCUT2D eigenvalue weighted by atomic mass is 9.73. The first kappa shape index (κ1) is 50.7. The van der Waals surface area contributed by atoms with Crippen LogP contribution in [-0.4, -0.2) is 111 Å². The number of aliphatic hydroxyl groups excluding tert-OH is 1. The third-order valence-corrected chi connectivity index (χ3v) is 14.2. The number of para-hydroxylation sites is 2. The molecule has 0 aliphatic carbocycles. The molecule has 3 N–H and O–H groups in total. The summed E-state index contributed by atoms with van der Waals surface area (Å²) in [5.74, 6) is -5.14. The molecule has 66 heavy (non-hydrogen) atoms. The van der Waals surface area contributed by atoms with Crippen LogP contribution in [0.3, 0.4) is 0 Å². The number of esters is 1. The van der Waals surface area contributed by atoms with Gasteiger partial charge in [-0.2, -0.15) is 0 Å². The van der Waals surface area contributed by atoms with E-state index in [1.807, 2.05) is 79.6 Å². The first-order valence-electron chi connectivity index (χ1n) is 23.7. The summed E-state index contributed by atoms with van der Waals surface area (Å²) < 4.78 is 32.0. The summed E-state index contributed by atoms with van der Waals surface area (Å²) in [7, 11) is 1.88. The van der Waals surface area contributed by atoms with Crippen LogP contribution in [0.2, 0.25) is 0 Å². The number of rotatable bonds is 13. The summed E-state index contributed by atoms with van der Waals surface area (Å²) in [6.45, 7) is 16.2. The summed E-state index contributed by atoms with van der Waals surface area (Å²) >= 11 is 0. The van der Waals surface area contributed by atoms with Crippen LogP contribution in [-0.2, 0) is 51.0 Å². The van der Waals surface area contributed by atoms with Gasteiger partial charge >= 0.3 is 12.1 Å². The maximum atomic E-state index is 14.7. The Kier molecular flexibility index (Phi) is 16.5. The van der Waals surface area contributed by atoms with Gasteiger partial charge in [0, 0.05) is 47.5 Å². The van der Waals surface area contributed by atoms with Gasteiger partial charge in [-0.15, -0.1) is 0 Å². The van der Waals surface area contributed by atoms with Crippen molar-refractivity contribution < 1.29 is 53.1 Å². The number of ketones is 2. The van der Waals surface area contributed by atoms with Crippen molar-refractivity contribution in [2.75, 3.05) is 13.7 Å². The predicted molar refractivity (Wildman–Crippen MR) is 250 cm³/mol. The average Bonchev–Trinajstić information content (AvgIpc) is 3.61. The van der Waals surface area contributed by atoms with Crippen molar-refractivity contribution in [1.82, 2.24) is 15.2 Å². The second kappa shape index (κ2) is 21.5. The molecule has 360 valence electrons. The highest BCUT2D eigenvalue weighted by Crippen LogP contribution is 2.41. The number of nitrogens with one attached hydrogen (secondary N) is 1. The normalized spacial score (nSPS) is 33.7. The van der Waals surface area contributed by atoms with E-state index in [2.05, 4.69) is 17.2 Å². The largest absolute Gasteiger partial charge is 0.507 e. The fourth-order valence-corrected chi connectivity index (χ4v) is 10.4. The van der Waals surface area contributed by atoms with Gasteiger partial charge in [0.1, 0.15) is 29.7 Å². The molecule has 13 atom stereocenters. The van der Waals surface area contributed by atoms with E-state index in [1.165, 1.54) is 6.92 Å². The number of fused-ring (bicyclic) bond motifs is 2. The van der Waals surface area contributed by atoms with E-state index in [9.17, 15) is 29.4 Å². The Morgan fingerprint density at radius 2 is 1.70 bits per heavy atom. The molecular formula is C52H71N3O11. The van der Waals surface area contributed by atoms with Gasteiger partial charge in [-0.05, 0) is 90.1 Å². The van der Waals surface area contributed by atoms with Crippen LogP contribution in [0.5, 0.6) is 5.75 Å². The topological polar surface area (TPSA) is 183 Å². The van der Waals surface area contributed by atoms with E-state index < -0.39 is 95.5 Å². The van der Waals surface area contributed by atoms with Gasteiger partial charge < -0.3 is 39.2 Å². The van der Waals surface area contributed by atoms with E-state index in [0.717, 1.165) is 46.9 Å². The number of amides is 1. The van der Waals surface area contributed by atoms with Crippen molar-refractivity contribution >= 4 is 40.6 Å². The summed E-state index contributed by atoms with van der Waals surface area (Å²) in [5.41, 5.74) is 0.477. The zero-order chi connectivity index (χ0) is 48.1. The molecule has 6 rings (SSSR count). The molecule has 4 heterocycles. The Hall–Kier alpha value is -4.73. The zero-order valence-electron chi connectivity index (χ0n) is 40.3. The van der Waals surface area contributed by atoms with Crippen LogP contribution in [0.4, 0.5) is 4.79 Å². The maximum absolute atomic E-state index is 14.7. The summed E-state index contributed by atoms with van der Waals surface area (Å²) in [6.07, 6.45) is 3.13. The lowest BCUT2D eigenvalue weighted by Gasteiger charge is -2.47. The van der Waals surface area contributed by atoms with Crippen LogP contribution >= 0.6 is 0 Å². The van der Waals surface area contributed by atoms with E-state index >= 15 is 0 Å². The quantitative estimate of drug-likeness (QED) is 0.112. The van der Waals surface area contributed by atoms with Crippen LogP contribution in [0, 0.1) is 23.7 Å². The fourth-order valence-electron chi connectivity index (χ4n) is 10.4. The second-order valence-electron chi connectivity index (χ2n) is 19.3. The molecule has 0 spiro atoms. The summed E-state index contributed by atoms with van der Waals surface area (Å²) in [6, 6.07) is 14.2. The molecular weight excluding hydrogens is 843 g/mol. The Morgan fingerprint density at radius 1 is 0.970 bits per heavy atom. The molecule has 3 aliphatic rings. The number of hydrogen-bond acceptors (Lipinski definition) is 13. The standard InChI is InChI=1S/C52H71N3O11/c1-11-13-19-36-21-16-22-38(44(36)58)29-55(10)40-25-31(4)63-49(45(40)59)65-47-33(6)43(57)34(7)48(60)64-41(12-2)52(9)46(54-50(61)66-52)32(5)42(56)30(3)27-51(47,8)62-24-17-18-35-26-37-20-14-15-23-39(37)53-28-35/h14-18,20-23,26,28,30-34,40-41,45-47,49,58-59H,11-13,19,24-25,27,29H2,1-10H3,(H,54,61)/b18-17+/t30-,31-,32+,33+,34-,40+,41-,45-,46-,47-,49?,51+,52-/m1/s1. The average molecular weight is 914 g/mol. The Labute approximate surface area is 389 Å². The minimum atomic E-state index is -1.43. The van der Waals surface area contributed by atoms with Crippen molar-refractivity contribution in [1.29, 1.82) is 0 Å². The Morgan fingerprint density at radius 3 is 2.42 bits per heavy atom. The second-order valence-corrected chi connectivity index (χ2v) is 19.3. The molecule has 3 saturated heterocycles. The van der Waals surface area contributed by atoms with Crippen molar-refractivity contribution in [3.63, 3.8) is 0 Å². The fraction of sp³-hybridized carbons (Fsp3) is 0.596. The van der Waals surface area contributed by atoms with Crippen LogP contribution < -0.4 is 5.32 Å².